The van der Waals surface area contributed by atoms with Crippen LogP contribution in [-0.4, -0.2) is 18.1 Å². The van der Waals surface area contributed by atoms with Crippen LogP contribution in [0.15, 0.2) is 24.3 Å². The number of nitrogens with two attached hydrogens (primary N) is 1. The zero-order valence-corrected chi connectivity index (χ0v) is 11.7. The first-order chi connectivity index (χ1) is 9.07. The number of urea groups is 1. The molecule has 0 unspecified atom stereocenters. The molecule has 2 amide bonds. The molecule has 104 valence electrons. The summed E-state index contributed by atoms with van der Waals surface area (Å²) in [5.74, 6) is 0. The van der Waals surface area contributed by atoms with E-state index in [1.165, 1.54) is 6.42 Å². The zero-order chi connectivity index (χ0) is 13.7. The summed E-state index contributed by atoms with van der Waals surface area (Å²) in [7, 11) is 0. The molecular formula is C14H20ClN3O. The number of carbonyl (C=O) groups excluding carboxylic acids is 1. The second-order valence-electron chi connectivity index (χ2n) is 5.24. The van der Waals surface area contributed by atoms with Gasteiger partial charge in [0.25, 0.3) is 0 Å². The summed E-state index contributed by atoms with van der Waals surface area (Å²) in [6.07, 6.45) is 5.51. The molecule has 0 radical (unpaired) electrons. The van der Waals surface area contributed by atoms with E-state index in [9.17, 15) is 4.79 Å². The highest BCUT2D eigenvalue weighted by molar-refractivity contribution is 6.30. The molecule has 1 fully saturated rings. The molecule has 4 nitrogen and oxygen atoms in total. The molecule has 19 heavy (non-hydrogen) atoms. The molecule has 1 saturated carbocycles. The van der Waals surface area contributed by atoms with Crippen molar-refractivity contribution in [3.8, 4) is 0 Å². The summed E-state index contributed by atoms with van der Waals surface area (Å²) < 4.78 is 0. The number of rotatable bonds is 3. The van der Waals surface area contributed by atoms with Crippen molar-refractivity contribution in [2.45, 2.75) is 37.6 Å². The van der Waals surface area contributed by atoms with E-state index in [0.717, 1.165) is 31.4 Å². The lowest BCUT2D eigenvalue weighted by Gasteiger charge is -2.33. The molecular weight excluding hydrogens is 262 g/mol. The summed E-state index contributed by atoms with van der Waals surface area (Å²) in [5, 5.41) is 6.26. The van der Waals surface area contributed by atoms with Gasteiger partial charge in [0.15, 0.2) is 0 Å². The molecule has 1 aliphatic rings. The zero-order valence-electron chi connectivity index (χ0n) is 10.9. The summed E-state index contributed by atoms with van der Waals surface area (Å²) in [4.78, 5) is 11.8. The van der Waals surface area contributed by atoms with Gasteiger partial charge < -0.3 is 16.4 Å². The molecule has 0 aromatic heterocycles. The third-order valence-corrected chi connectivity index (χ3v) is 3.80. The molecule has 2 rings (SSSR count). The van der Waals surface area contributed by atoms with Crippen LogP contribution in [0.2, 0.25) is 5.02 Å². The van der Waals surface area contributed by atoms with Crippen molar-refractivity contribution in [3.05, 3.63) is 29.3 Å². The Morgan fingerprint density at radius 1 is 1.21 bits per heavy atom. The maximum absolute atomic E-state index is 11.8. The van der Waals surface area contributed by atoms with Gasteiger partial charge in [-0.3, -0.25) is 0 Å². The van der Waals surface area contributed by atoms with Crippen molar-refractivity contribution in [2.24, 2.45) is 5.73 Å². The maximum atomic E-state index is 11.8. The minimum absolute atomic E-state index is 0.224. The van der Waals surface area contributed by atoms with E-state index in [4.69, 9.17) is 17.3 Å². The van der Waals surface area contributed by atoms with E-state index < -0.39 is 0 Å². The van der Waals surface area contributed by atoms with E-state index in [2.05, 4.69) is 10.6 Å². The highest BCUT2D eigenvalue weighted by Gasteiger charge is 2.27. The Hall–Kier alpha value is -1.26. The van der Waals surface area contributed by atoms with Crippen LogP contribution in [0, 0.1) is 0 Å². The van der Waals surface area contributed by atoms with Crippen LogP contribution in [0.25, 0.3) is 0 Å². The van der Waals surface area contributed by atoms with Crippen LogP contribution < -0.4 is 16.4 Å². The van der Waals surface area contributed by atoms with Crippen LogP contribution in [0.4, 0.5) is 10.5 Å². The molecule has 0 spiro atoms. The number of amides is 2. The van der Waals surface area contributed by atoms with Gasteiger partial charge in [0.2, 0.25) is 0 Å². The quantitative estimate of drug-likeness (QED) is 0.797. The molecule has 1 aromatic rings. The van der Waals surface area contributed by atoms with Crippen LogP contribution in [0.3, 0.4) is 0 Å². The van der Waals surface area contributed by atoms with Gasteiger partial charge in [-0.2, -0.15) is 0 Å². The topological polar surface area (TPSA) is 67.1 Å². The number of hydrogen-bond acceptors (Lipinski definition) is 2. The Morgan fingerprint density at radius 2 is 1.84 bits per heavy atom. The number of carbonyl (C=O) groups is 1. The normalized spacial score (nSPS) is 17.8. The number of halogens is 1. The third kappa shape index (κ3) is 4.40. The van der Waals surface area contributed by atoms with Crippen LogP contribution in [0.5, 0.6) is 0 Å². The van der Waals surface area contributed by atoms with E-state index in [0.29, 0.717) is 11.6 Å². The fraction of sp³-hybridized carbons (Fsp3) is 0.500. The van der Waals surface area contributed by atoms with Crippen molar-refractivity contribution in [1.82, 2.24) is 5.32 Å². The molecule has 0 aliphatic heterocycles. The first-order valence-corrected chi connectivity index (χ1v) is 7.05. The lowest BCUT2D eigenvalue weighted by Crippen LogP contribution is -2.52. The number of anilines is 1. The lowest BCUT2D eigenvalue weighted by molar-refractivity contribution is 0.241. The Balaban J connectivity index is 1.79. The minimum Gasteiger partial charge on any atom is -0.336 e. The molecule has 0 atom stereocenters. The molecule has 1 aromatic carbocycles. The largest absolute Gasteiger partial charge is 0.336 e. The smallest absolute Gasteiger partial charge is 0.319 e. The Bertz CT molecular complexity index is 427. The number of hydrogen-bond donors (Lipinski definition) is 3. The summed E-state index contributed by atoms with van der Waals surface area (Å²) >= 11 is 5.78. The third-order valence-electron chi connectivity index (χ3n) is 3.55. The van der Waals surface area contributed by atoms with Gasteiger partial charge in [0, 0.05) is 22.8 Å². The molecule has 4 N–H and O–H groups in total. The standard InChI is InChI=1S/C14H20ClN3O/c15-11-4-6-12(7-5-11)18-13(19)17-10-14(16)8-2-1-3-9-14/h4-7H,1-3,8-10,16H2,(H2,17,18,19). The van der Waals surface area contributed by atoms with Crippen molar-refractivity contribution in [2.75, 3.05) is 11.9 Å². The average Bonchev–Trinajstić information content (AvgIpc) is 2.40. The highest BCUT2D eigenvalue weighted by Crippen LogP contribution is 2.25. The Labute approximate surface area is 118 Å². The van der Waals surface area contributed by atoms with E-state index in [1.807, 2.05) is 0 Å². The van der Waals surface area contributed by atoms with Gasteiger partial charge in [0.05, 0.1) is 0 Å². The Kier molecular flexibility index (Phi) is 4.66. The average molecular weight is 282 g/mol. The summed E-state index contributed by atoms with van der Waals surface area (Å²) in [6, 6.07) is 6.78. The maximum Gasteiger partial charge on any atom is 0.319 e. The second-order valence-corrected chi connectivity index (χ2v) is 5.67. The van der Waals surface area contributed by atoms with Gasteiger partial charge in [-0.25, -0.2) is 4.79 Å². The monoisotopic (exact) mass is 281 g/mol. The van der Waals surface area contributed by atoms with Crippen molar-refractivity contribution in [3.63, 3.8) is 0 Å². The fourth-order valence-electron chi connectivity index (χ4n) is 2.40. The number of nitrogens with one attached hydrogen (secondary N) is 2. The fourth-order valence-corrected chi connectivity index (χ4v) is 2.52. The highest BCUT2D eigenvalue weighted by atomic mass is 35.5. The lowest BCUT2D eigenvalue weighted by atomic mass is 9.82. The molecule has 0 bridgehead atoms. The van der Waals surface area contributed by atoms with Gasteiger partial charge in [-0.05, 0) is 37.1 Å². The van der Waals surface area contributed by atoms with Crippen molar-refractivity contribution < 1.29 is 4.79 Å². The minimum atomic E-state index is -0.240. The second kappa shape index (κ2) is 6.26. The van der Waals surface area contributed by atoms with Crippen LogP contribution >= 0.6 is 11.6 Å². The summed E-state index contributed by atoms with van der Waals surface area (Å²) in [6.45, 7) is 0.520. The van der Waals surface area contributed by atoms with Crippen LogP contribution in [0.1, 0.15) is 32.1 Å². The first-order valence-electron chi connectivity index (χ1n) is 6.67. The van der Waals surface area contributed by atoms with E-state index >= 15 is 0 Å². The predicted octanol–water partition coefficient (Wildman–Crippen LogP) is 3.12. The van der Waals surface area contributed by atoms with Crippen LogP contribution in [-0.2, 0) is 0 Å². The molecule has 1 aliphatic carbocycles. The first kappa shape index (κ1) is 14.2. The molecule has 0 saturated heterocycles. The van der Waals surface area contributed by atoms with Crippen molar-refractivity contribution in [1.29, 1.82) is 0 Å². The van der Waals surface area contributed by atoms with E-state index in [1.54, 1.807) is 24.3 Å². The van der Waals surface area contributed by atoms with Gasteiger partial charge in [-0.15, -0.1) is 0 Å². The SMILES string of the molecule is NC1(CNC(=O)Nc2ccc(Cl)cc2)CCCCC1. The molecule has 0 heterocycles. The summed E-state index contributed by atoms with van der Waals surface area (Å²) in [5.41, 5.74) is 6.74. The Morgan fingerprint density at radius 3 is 2.47 bits per heavy atom. The predicted molar refractivity (Wildman–Crippen MR) is 78.5 cm³/mol. The van der Waals surface area contributed by atoms with Gasteiger partial charge in [0.1, 0.15) is 0 Å². The number of benzene rings is 1. The van der Waals surface area contributed by atoms with E-state index in [-0.39, 0.29) is 11.6 Å². The molecule has 5 heteroatoms. The van der Waals surface area contributed by atoms with Gasteiger partial charge in [-0.1, -0.05) is 30.9 Å². The van der Waals surface area contributed by atoms with Crippen molar-refractivity contribution >= 4 is 23.3 Å². The van der Waals surface area contributed by atoms with Gasteiger partial charge >= 0.3 is 6.03 Å².